The van der Waals surface area contributed by atoms with E-state index in [9.17, 15) is 4.79 Å². The van der Waals surface area contributed by atoms with Gasteiger partial charge in [0.2, 0.25) is 0 Å². The minimum absolute atomic E-state index is 0.0272. The molecule has 2 aromatic rings. The Morgan fingerprint density at radius 2 is 2.04 bits per heavy atom. The summed E-state index contributed by atoms with van der Waals surface area (Å²) in [6, 6.07) is 0. The largest absolute Gasteiger partial charge is 0.363 e. The van der Waals surface area contributed by atoms with Crippen molar-refractivity contribution < 1.29 is 9.53 Å². The van der Waals surface area contributed by atoms with Crippen molar-refractivity contribution in [3.63, 3.8) is 0 Å². The summed E-state index contributed by atoms with van der Waals surface area (Å²) in [7, 11) is 0. The molecule has 0 bridgehead atoms. The third-order valence-electron chi connectivity index (χ3n) is 4.72. The van der Waals surface area contributed by atoms with Crippen LogP contribution in [-0.4, -0.2) is 57.6 Å². The molecule has 4 rings (SSSR count). The fourth-order valence-electron chi connectivity index (χ4n) is 3.32. The molecule has 0 atom stereocenters. The highest BCUT2D eigenvalue weighted by atomic mass is 32.1. The van der Waals surface area contributed by atoms with Gasteiger partial charge >= 0.3 is 0 Å². The van der Waals surface area contributed by atoms with E-state index in [4.69, 9.17) is 4.74 Å². The predicted octanol–water partition coefficient (Wildman–Crippen LogP) is 1.33. The van der Waals surface area contributed by atoms with Crippen molar-refractivity contribution in [1.29, 1.82) is 0 Å². The van der Waals surface area contributed by atoms with Crippen molar-refractivity contribution in [2.45, 2.75) is 25.0 Å². The van der Waals surface area contributed by atoms with Gasteiger partial charge in [0.15, 0.2) is 0 Å². The van der Waals surface area contributed by atoms with Crippen molar-refractivity contribution in [3.05, 3.63) is 35.3 Å². The molecule has 2 aliphatic heterocycles. The molecule has 0 aromatic carbocycles. The average molecular weight is 345 g/mol. The van der Waals surface area contributed by atoms with Crippen LogP contribution in [0.2, 0.25) is 0 Å². The highest BCUT2D eigenvalue weighted by Gasteiger charge is 2.42. The van der Waals surface area contributed by atoms with E-state index in [1.807, 2.05) is 11.6 Å². The first-order chi connectivity index (χ1) is 11.7. The lowest BCUT2D eigenvalue weighted by molar-refractivity contribution is -0.145. The maximum Gasteiger partial charge on any atom is 0.253 e. The van der Waals surface area contributed by atoms with Gasteiger partial charge in [-0.25, -0.2) is 15.0 Å². The molecular formula is C16H19N5O2S. The van der Waals surface area contributed by atoms with Gasteiger partial charge in [0.1, 0.15) is 17.9 Å². The van der Waals surface area contributed by atoms with Crippen molar-refractivity contribution in [3.8, 4) is 0 Å². The van der Waals surface area contributed by atoms with Gasteiger partial charge in [0.05, 0.1) is 36.8 Å². The summed E-state index contributed by atoms with van der Waals surface area (Å²) < 4.78 is 5.98. The lowest BCUT2D eigenvalue weighted by Crippen LogP contribution is -2.58. The van der Waals surface area contributed by atoms with E-state index in [1.54, 1.807) is 28.6 Å². The quantitative estimate of drug-likeness (QED) is 0.836. The van der Waals surface area contributed by atoms with E-state index in [0.29, 0.717) is 6.54 Å². The average Bonchev–Trinajstić information content (AvgIpc) is 3.13. The molecule has 8 heteroatoms. The number of hydrogen-bond acceptors (Lipinski definition) is 7. The van der Waals surface area contributed by atoms with Crippen LogP contribution in [0.4, 0.5) is 5.69 Å². The number of thiazole rings is 1. The summed E-state index contributed by atoms with van der Waals surface area (Å²) in [5.74, 6) is -0.0272. The minimum atomic E-state index is -0.261. The zero-order valence-corrected chi connectivity index (χ0v) is 14.1. The summed E-state index contributed by atoms with van der Waals surface area (Å²) in [6.07, 6.45) is 8.51. The van der Waals surface area contributed by atoms with Crippen LogP contribution in [0.15, 0.2) is 30.3 Å². The number of rotatable bonds is 3. The lowest BCUT2D eigenvalue weighted by atomic mass is 9.89. The Bertz CT molecular complexity index is 686. The van der Waals surface area contributed by atoms with Gasteiger partial charge in [-0.2, -0.15) is 0 Å². The third kappa shape index (κ3) is 3.17. The molecular weight excluding hydrogens is 326 g/mol. The van der Waals surface area contributed by atoms with Gasteiger partial charge in [-0.15, -0.1) is 11.3 Å². The first-order valence-electron chi connectivity index (χ1n) is 8.04. The number of hydrogen-bond donors (Lipinski definition) is 0. The smallest absolute Gasteiger partial charge is 0.253 e. The number of aromatic nitrogens is 3. The van der Waals surface area contributed by atoms with Crippen LogP contribution in [0, 0.1) is 0 Å². The fraction of sp³-hybridized carbons (Fsp3) is 0.500. The maximum atomic E-state index is 12.2. The summed E-state index contributed by atoms with van der Waals surface area (Å²) >= 11 is 1.69. The van der Waals surface area contributed by atoms with E-state index >= 15 is 0 Å². The van der Waals surface area contributed by atoms with E-state index in [1.165, 1.54) is 6.33 Å². The van der Waals surface area contributed by atoms with Gasteiger partial charge in [0, 0.05) is 24.7 Å². The van der Waals surface area contributed by atoms with Crippen molar-refractivity contribution in [2.75, 3.05) is 31.1 Å². The molecule has 0 unspecified atom stereocenters. The first-order valence-corrected chi connectivity index (χ1v) is 8.92. The van der Waals surface area contributed by atoms with E-state index < -0.39 is 0 Å². The fourth-order valence-corrected chi connectivity index (χ4v) is 3.98. The zero-order valence-electron chi connectivity index (χ0n) is 13.3. The molecule has 1 amide bonds. The van der Waals surface area contributed by atoms with Crippen LogP contribution in [0.25, 0.3) is 0 Å². The molecule has 2 saturated heterocycles. The van der Waals surface area contributed by atoms with Gasteiger partial charge < -0.3 is 9.64 Å². The number of anilines is 1. The van der Waals surface area contributed by atoms with Crippen LogP contribution in [-0.2, 0) is 16.1 Å². The Morgan fingerprint density at radius 3 is 2.75 bits per heavy atom. The SMILES string of the molecule is O=C1COC2(CCN(Cc3nccs3)CC2)CN1c1cncnc1. The van der Waals surface area contributed by atoms with Crippen LogP contribution < -0.4 is 4.90 Å². The first kappa shape index (κ1) is 15.6. The van der Waals surface area contributed by atoms with Gasteiger partial charge in [-0.1, -0.05) is 0 Å². The predicted molar refractivity (Wildman–Crippen MR) is 89.7 cm³/mol. The summed E-state index contributed by atoms with van der Waals surface area (Å²) in [5, 5.41) is 3.16. The molecule has 0 N–H and O–H groups in total. The van der Waals surface area contributed by atoms with Gasteiger partial charge in [0.25, 0.3) is 5.91 Å². The molecule has 4 heterocycles. The summed E-state index contributed by atoms with van der Waals surface area (Å²) in [4.78, 5) is 28.8. The van der Waals surface area contributed by atoms with E-state index in [-0.39, 0.29) is 18.1 Å². The number of morpholine rings is 1. The summed E-state index contributed by atoms with van der Waals surface area (Å²) in [5.41, 5.74) is 0.485. The number of carbonyl (C=O) groups is 1. The molecule has 0 saturated carbocycles. The number of likely N-dealkylation sites (tertiary alicyclic amines) is 1. The van der Waals surface area contributed by atoms with Gasteiger partial charge in [-0.05, 0) is 12.8 Å². The monoisotopic (exact) mass is 345 g/mol. The van der Waals surface area contributed by atoms with Gasteiger partial charge in [-0.3, -0.25) is 9.69 Å². The minimum Gasteiger partial charge on any atom is -0.363 e. The van der Waals surface area contributed by atoms with Crippen molar-refractivity contribution >= 4 is 22.9 Å². The molecule has 7 nitrogen and oxygen atoms in total. The van der Waals surface area contributed by atoms with Crippen molar-refractivity contribution in [2.24, 2.45) is 0 Å². The van der Waals surface area contributed by atoms with E-state index in [0.717, 1.165) is 43.2 Å². The van der Waals surface area contributed by atoms with Crippen LogP contribution in [0.1, 0.15) is 17.8 Å². The van der Waals surface area contributed by atoms with E-state index in [2.05, 4.69) is 19.9 Å². The molecule has 1 spiro atoms. The molecule has 2 aromatic heterocycles. The second-order valence-electron chi connectivity index (χ2n) is 6.25. The van der Waals surface area contributed by atoms with Crippen LogP contribution in [0.5, 0.6) is 0 Å². The molecule has 126 valence electrons. The second-order valence-corrected chi connectivity index (χ2v) is 7.23. The Hall–Kier alpha value is -1.90. The zero-order chi connectivity index (χ0) is 16.4. The highest BCUT2D eigenvalue weighted by Crippen LogP contribution is 2.32. The Balaban J connectivity index is 1.42. The molecule has 24 heavy (non-hydrogen) atoms. The standard InChI is InChI=1S/C16H19N5O2S/c22-15-10-23-16(11-21(15)13-7-17-12-18-8-13)1-4-20(5-2-16)9-14-19-3-6-24-14/h3,6-8,12H,1-2,4-5,9-11H2. The van der Waals surface area contributed by atoms with Crippen molar-refractivity contribution in [1.82, 2.24) is 19.9 Å². The molecule has 0 aliphatic carbocycles. The topological polar surface area (TPSA) is 71.5 Å². The highest BCUT2D eigenvalue weighted by molar-refractivity contribution is 7.09. The molecule has 2 fully saturated rings. The number of ether oxygens (including phenoxy) is 1. The van der Waals surface area contributed by atoms with Crippen LogP contribution >= 0.6 is 11.3 Å². The summed E-state index contributed by atoms with van der Waals surface area (Å²) in [6.45, 7) is 3.49. The Kier molecular flexibility index (Phi) is 4.26. The maximum absolute atomic E-state index is 12.2. The Labute approximate surface area is 144 Å². The molecule has 0 radical (unpaired) electrons. The lowest BCUT2D eigenvalue weighted by Gasteiger charge is -2.46. The normalized spacial score (nSPS) is 21.3. The number of piperidine rings is 1. The van der Waals surface area contributed by atoms with Crippen LogP contribution in [0.3, 0.4) is 0 Å². The third-order valence-corrected chi connectivity index (χ3v) is 5.48. The number of nitrogens with zero attached hydrogens (tertiary/aromatic N) is 5. The number of carbonyl (C=O) groups excluding carboxylic acids is 1. The second kappa shape index (κ2) is 6.54. The molecule has 2 aliphatic rings. The number of amides is 1. The Morgan fingerprint density at radius 1 is 1.25 bits per heavy atom.